The molecule has 0 aliphatic carbocycles. The van der Waals surface area contributed by atoms with Gasteiger partial charge in [-0.15, -0.1) is 0 Å². The van der Waals surface area contributed by atoms with E-state index in [1.165, 1.54) is 19.2 Å². The summed E-state index contributed by atoms with van der Waals surface area (Å²) in [7, 11) is -1.81. The molecule has 4 nitrogen and oxygen atoms in total. The van der Waals surface area contributed by atoms with Gasteiger partial charge in [-0.05, 0) is 31.7 Å². The van der Waals surface area contributed by atoms with Crippen molar-refractivity contribution in [3.05, 3.63) is 35.6 Å². The zero-order valence-corrected chi connectivity index (χ0v) is 10.7. The van der Waals surface area contributed by atoms with Crippen LogP contribution in [0.15, 0.2) is 24.3 Å². The lowest BCUT2D eigenvalue weighted by Crippen LogP contribution is -2.30. The average Bonchev–Trinajstić information content (AvgIpc) is 2.28. The maximum absolute atomic E-state index is 13.0. The van der Waals surface area contributed by atoms with Crippen LogP contribution in [0.3, 0.4) is 0 Å². The van der Waals surface area contributed by atoms with Gasteiger partial charge in [0.2, 0.25) is 10.0 Å². The lowest BCUT2D eigenvalue weighted by atomic mass is 10.1. The van der Waals surface area contributed by atoms with Gasteiger partial charge in [-0.25, -0.2) is 17.5 Å². The fourth-order valence-corrected chi connectivity index (χ4v) is 2.00. The molecule has 0 aliphatic rings. The Labute approximate surface area is 101 Å². The first-order valence-electron chi connectivity index (χ1n) is 5.34. The standard InChI is InChI=1S/C11H17FN2O2S/c1-9(10-4-3-5-11(12)8-10)14-6-7-17(15,16)13-2/h3-5,8-9,13-14H,6-7H2,1-2H3. The summed E-state index contributed by atoms with van der Waals surface area (Å²) in [4.78, 5) is 0. The molecule has 1 unspecified atom stereocenters. The van der Waals surface area contributed by atoms with Gasteiger partial charge in [0.15, 0.2) is 0 Å². The molecule has 0 fully saturated rings. The minimum absolute atomic E-state index is 0.00313. The Hall–Kier alpha value is -0.980. The molecule has 1 aromatic rings. The van der Waals surface area contributed by atoms with Gasteiger partial charge in [0.05, 0.1) is 5.75 Å². The molecule has 6 heteroatoms. The second-order valence-corrected chi connectivity index (χ2v) is 5.80. The number of hydrogen-bond acceptors (Lipinski definition) is 3. The van der Waals surface area contributed by atoms with Crippen LogP contribution in [-0.4, -0.2) is 27.8 Å². The van der Waals surface area contributed by atoms with Crippen LogP contribution in [0.1, 0.15) is 18.5 Å². The first-order chi connectivity index (χ1) is 7.94. The number of halogens is 1. The second kappa shape index (κ2) is 6.09. The molecule has 0 amide bonds. The van der Waals surface area contributed by atoms with Gasteiger partial charge in [-0.1, -0.05) is 12.1 Å². The highest BCUT2D eigenvalue weighted by molar-refractivity contribution is 7.89. The smallest absolute Gasteiger partial charge is 0.212 e. The second-order valence-electron chi connectivity index (χ2n) is 3.75. The maximum Gasteiger partial charge on any atom is 0.212 e. The van der Waals surface area contributed by atoms with Crippen molar-refractivity contribution in [3.63, 3.8) is 0 Å². The molecule has 96 valence electrons. The number of nitrogens with one attached hydrogen (secondary N) is 2. The highest BCUT2D eigenvalue weighted by Gasteiger charge is 2.09. The first-order valence-corrected chi connectivity index (χ1v) is 7.00. The minimum Gasteiger partial charge on any atom is -0.309 e. The Bertz CT molecular complexity index is 462. The predicted octanol–water partition coefficient (Wildman–Crippen LogP) is 1.03. The summed E-state index contributed by atoms with van der Waals surface area (Å²) in [6, 6.07) is 6.16. The van der Waals surface area contributed by atoms with E-state index >= 15 is 0 Å². The molecule has 1 rings (SSSR count). The summed E-state index contributed by atoms with van der Waals surface area (Å²) in [6.07, 6.45) is 0. The van der Waals surface area contributed by atoms with Gasteiger partial charge in [0.1, 0.15) is 5.82 Å². The van der Waals surface area contributed by atoms with E-state index in [9.17, 15) is 12.8 Å². The summed E-state index contributed by atoms with van der Waals surface area (Å²) in [5.74, 6) is -0.289. The van der Waals surface area contributed by atoms with Crippen LogP contribution in [0.5, 0.6) is 0 Å². The van der Waals surface area contributed by atoms with Crippen molar-refractivity contribution < 1.29 is 12.8 Å². The van der Waals surface area contributed by atoms with Gasteiger partial charge in [0, 0.05) is 12.6 Å². The van der Waals surface area contributed by atoms with Gasteiger partial charge < -0.3 is 5.32 Å². The molecule has 0 spiro atoms. The Morgan fingerprint density at radius 3 is 2.71 bits per heavy atom. The third kappa shape index (κ3) is 4.80. The van der Waals surface area contributed by atoms with Crippen molar-refractivity contribution in [1.82, 2.24) is 10.0 Å². The Morgan fingerprint density at radius 2 is 2.12 bits per heavy atom. The van der Waals surface area contributed by atoms with E-state index in [0.29, 0.717) is 6.54 Å². The van der Waals surface area contributed by atoms with Crippen LogP contribution in [-0.2, 0) is 10.0 Å². The minimum atomic E-state index is -3.19. The van der Waals surface area contributed by atoms with Crippen LogP contribution in [0, 0.1) is 5.82 Å². The van der Waals surface area contributed by atoms with E-state index in [-0.39, 0.29) is 17.6 Å². The Balaban J connectivity index is 2.48. The Kier molecular flexibility index (Phi) is 5.04. The molecule has 0 bridgehead atoms. The van der Waals surface area contributed by atoms with Gasteiger partial charge >= 0.3 is 0 Å². The third-order valence-corrected chi connectivity index (χ3v) is 3.84. The first kappa shape index (κ1) is 14.1. The van der Waals surface area contributed by atoms with E-state index in [1.54, 1.807) is 12.1 Å². The van der Waals surface area contributed by atoms with E-state index < -0.39 is 10.0 Å². The van der Waals surface area contributed by atoms with E-state index in [1.807, 2.05) is 6.92 Å². The van der Waals surface area contributed by atoms with E-state index in [0.717, 1.165) is 5.56 Å². The van der Waals surface area contributed by atoms with E-state index in [4.69, 9.17) is 0 Å². The van der Waals surface area contributed by atoms with Crippen LogP contribution in [0.2, 0.25) is 0 Å². The van der Waals surface area contributed by atoms with Gasteiger partial charge in [-0.3, -0.25) is 0 Å². The van der Waals surface area contributed by atoms with Gasteiger partial charge in [-0.2, -0.15) is 0 Å². The topological polar surface area (TPSA) is 58.2 Å². The zero-order valence-electron chi connectivity index (χ0n) is 9.90. The molecular formula is C11H17FN2O2S. The molecule has 1 atom stereocenters. The van der Waals surface area contributed by atoms with Crippen molar-refractivity contribution in [2.45, 2.75) is 13.0 Å². The van der Waals surface area contributed by atoms with Crippen molar-refractivity contribution in [2.75, 3.05) is 19.3 Å². The molecule has 0 saturated carbocycles. The molecular weight excluding hydrogens is 243 g/mol. The van der Waals surface area contributed by atoms with Crippen LogP contribution in [0.4, 0.5) is 4.39 Å². The summed E-state index contributed by atoms with van der Waals surface area (Å²) in [5.41, 5.74) is 0.798. The lowest BCUT2D eigenvalue weighted by Gasteiger charge is -2.14. The molecule has 0 saturated heterocycles. The predicted molar refractivity (Wildman–Crippen MR) is 65.7 cm³/mol. The Morgan fingerprint density at radius 1 is 1.41 bits per heavy atom. The third-order valence-electron chi connectivity index (χ3n) is 2.48. The fourth-order valence-electron chi connectivity index (χ4n) is 1.41. The zero-order chi connectivity index (χ0) is 12.9. The van der Waals surface area contributed by atoms with Crippen molar-refractivity contribution in [1.29, 1.82) is 0 Å². The van der Waals surface area contributed by atoms with E-state index in [2.05, 4.69) is 10.0 Å². The molecule has 17 heavy (non-hydrogen) atoms. The quantitative estimate of drug-likeness (QED) is 0.803. The molecule has 0 aliphatic heterocycles. The fraction of sp³-hybridized carbons (Fsp3) is 0.455. The number of hydrogen-bond donors (Lipinski definition) is 2. The number of rotatable bonds is 6. The molecule has 1 aromatic carbocycles. The summed E-state index contributed by atoms with van der Waals surface area (Å²) in [6.45, 7) is 2.18. The summed E-state index contributed by atoms with van der Waals surface area (Å²) < 4.78 is 37.5. The van der Waals surface area contributed by atoms with Crippen LogP contribution < -0.4 is 10.0 Å². The molecule has 0 radical (unpaired) electrons. The normalized spacial score (nSPS) is 13.6. The summed E-state index contributed by atoms with van der Waals surface area (Å²) in [5, 5.41) is 3.03. The van der Waals surface area contributed by atoms with Crippen molar-refractivity contribution in [2.24, 2.45) is 0 Å². The summed E-state index contributed by atoms with van der Waals surface area (Å²) >= 11 is 0. The molecule has 2 N–H and O–H groups in total. The highest BCUT2D eigenvalue weighted by Crippen LogP contribution is 2.12. The van der Waals surface area contributed by atoms with Crippen LogP contribution >= 0.6 is 0 Å². The molecule has 0 aromatic heterocycles. The maximum atomic E-state index is 13.0. The van der Waals surface area contributed by atoms with Crippen molar-refractivity contribution >= 4 is 10.0 Å². The molecule has 0 heterocycles. The average molecular weight is 260 g/mol. The number of sulfonamides is 1. The highest BCUT2D eigenvalue weighted by atomic mass is 32.2. The van der Waals surface area contributed by atoms with Gasteiger partial charge in [0.25, 0.3) is 0 Å². The van der Waals surface area contributed by atoms with Crippen molar-refractivity contribution in [3.8, 4) is 0 Å². The largest absolute Gasteiger partial charge is 0.309 e. The van der Waals surface area contributed by atoms with Crippen LogP contribution in [0.25, 0.3) is 0 Å². The monoisotopic (exact) mass is 260 g/mol. The number of benzene rings is 1. The lowest BCUT2D eigenvalue weighted by molar-refractivity contribution is 0.562. The SMILES string of the molecule is CNS(=O)(=O)CCNC(C)c1cccc(F)c1.